The molecule has 0 bridgehead atoms. The molecule has 0 aliphatic heterocycles. The van der Waals surface area contributed by atoms with E-state index in [2.05, 4.69) is 5.32 Å². The lowest BCUT2D eigenvalue weighted by atomic mass is 10.1. The highest BCUT2D eigenvalue weighted by Crippen LogP contribution is 2.24. The van der Waals surface area contributed by atoms with Gasteiger partial charge in [-0.05, 0) is 54.4 Å². The SMILES string of the molecule is CC(NC(=O)c1ccc(CN(c2ccccc2F)S(C)(=O)=O)cc1)c1ccc(F)cc1. The molecule has 0 aliphatic carbocycles. The second-order valence-electron chi connectivity index (χ2n) is 7.16. The highest BCUT2D eigenvalue weighted by molar-refractivity contribution is 7.92. The maximum atomic E-state index is 14.1. The van der Waals surface area contributed by atoms with E-state index in [1.54, 1.807) is 49.4 Å². The molecule has 0 spiro atoms. The second-order valence-corrected chi connectivity index (χ2v) is 9.07. The van der Waals surface area contributed by atoms with Crippen LogP contribution in [0.2, 0.25) is 0 Å². The summed E-state index contributed by atoms with van der Waals surface area (Å²) in [5.74, 6) is -1.31. The Kier molecular flexibility index (Phi) is 6.70. The van der Waals surface area contributed by atoms with Gasteiger partial charge in [0.15, 0.2) is 0 Å². The van der Waals surface area contributed by atoms with Crippen molar-refractivity contribution in [2.75, 3.05) is 10.6 Å². The molecule has 5 nitrogen and oxygen atoms in total. The number of hydrogen-bond donors (Lipinski definition) is 1. The van der Waals surface area contributed by atoms with Crippen LogP contribution < -0.4 is 9.62 Å². The third-order valence-corrected chi connectivity index (χ3v) is 5.91. The molecule has 1 amide bonds. The van der Waals surface area contributed by atoms with Crippen LogP contribution in [-0.2, 0) is 16.6 Å². The minimum atomic E-state index is -3.73. The molecule has 1 N–H and O–H groups in total. The van der Waals surface area contributed by atoms with Crippen LogP contribution in [0, 0.1) is 11.6 Å². The molecule has 0 saturated carbocycles. The maximum absolute atomic E-state index is 14.1. The first-order valence-corrected chi connectivity index (χ1v) is 11.4. The number of hydrogen-bond acceptors (Lipinski definition) is 3. The van der Waals surface area contributed by atoms with Crippen molar-refractivity contribution >= 4 is 21.6 Å². The van der Waals surface area contributed by atoms with Crippen molar-refractivity contribution in [1.29, 1.82) is 0 Å². The summed E-state index contributed by atoms with van der Waals surface area (Å²) in [5, 5.41) is 2.83. The van der Waals surface area contributed by atoms with Gasteiger partial charge in [-0.3, -0.25) is 9.10 Å². The van der Waals surface area contributed by atoms with E-state index in [0.29, 0.717) is 11.1 Å². The molecule has 8 heteroatoms. The van der Waals surface area contributed by atoms with Gasteiger partial charge in [0.25, 0.3) is 5.91 Å². The highest BCUT2D eigenvalue weighted by atomic mass is 32.2. The number of amides is 1. The van der Waals surface area contributed by atoms with E-state index in [9.17, 15) is 22.0 Å². The molecule has 3 aromatic carbocycles. The Bertz CT molecular complexity index is 1160. The molecule has 3 aromatic rings. The van der Waals surface area contributed by atoms with Crippen molar-refractivity contribution < 1.29 is 22.0 Å². The Balaban J connectivity index is 1.73. The first-order valence-electron chi connectivity index (χ1n) is 9.52. The zero-order valence-corrected chi connectivity index (χ0v) is 17.9. The molecule has 1 atom stereocenters. The average molecular weight is 445 g/mol. The van der Waals surface area contributed by atoms with Gasteiger partial charge in [0.2, 0.25) is 10.0 Å². The van der Waals surface area contributed by atoms with Gasteiger partial charge in [0.05, 0.1) is 24.5 Å². The molecule has 0 fully saturated rings. The van der Waals surface area contributed by atoms with E-state index in [-0.39, 0.29) is 30.0 Å². The quantitative estimate of drug-likeness (QED) is 0.587. The molecule has 162 valence electrons. The monoisotopic (exact) mass is 444 g/mol. The van der Waals surface area contributed by atoms with Crippen LogP contribution in [0.4, 0.5) is 14.5 Å². The molecule has 0 heterocycles. The zero-order valence-electron chi connectivity index (χ0n) is 17.0. The summed E-state index contributed by atoms with van der Waals surface area (Å²) in [6.07, 6.45) is 1.01. The third kappa shape index (κ3) is 5.67. The minimum Gasteiger partial charge on any atom is -0.346 e. The number of para-hydroxylation sites is 1. The smallest absolute Gasteiger partial charge is 0.251 e. The van der Waals surface area contributed by atoms with Crippen molar-refractivity contribution in [2.24, 2.45) is 0 Å². The first-order chi connectivity index (χ1) is 14.6. The largest absolute Gasteiger partial charge is 0.346 e. The normalized spacial score (nSPS) is 12.3. The fraction of sp³-hybridized carbons (Fsp3) is 0.174. The third-order valence-electron chi connectivity index (χ3n) is 4.78. The standard InChI is InChI=1S/C23H22F2N2O3S/c1-16(18-11-13-20(24)14-12-18)26-23(28)19-9-7-17(8-10-19)15-27(31(2,29)30)22-6-4-3-5-21(22)25/h3-14,16H,15H2,1-2H3,(H,26,28). The fourth-order valence-corrected chi connectivity index (χ4v) is 3.97. The topological polar surface area (TPSA) is 66.5 Å². The summed E-state index contributed by atoms with van der Waals surface area (Å²) < 4.78 is 52.6. The number of nitrogens with one attached hydrogen (secondary N) is 1. The molecular formula is C23H22F2N2O3S. The summed E-state index contributed by atoms with van der Waals surface area (Å²) in [6, 6.07) is 17.6. The molecule has 3 rings (SSSR count). The zero-order chi connectivity index (χ0) is 22.6. The van der Waals surface area contributed by atoms with Crippen molar-refractivity contribution in [1.82, 2.24) is 5.32 Å². The van der Waals surface area contributed by atoms with E-state index in [1.165, 1.54) is 30.3 Å². The van der Waals surface area contributed by atoms with E-state index < -0.39 is 15.8 Å². The number of sulfonamides is 1. The summed E-state index contributed by atoms with van der Waals surface area (Å²) >= 11 is 0. The molecule has 31 heavy (non-hydrogen) atoms. The van der Waals surface area contributed by atoms with E-state index in [4.69, 9.17) is 0 Å². The van der Waals surface area contributed by atoms with Gasteiger partial charge >= 0.3 is 0 Å². The van der Waals surface area contributed by atoms with E-state index in [1.807, 2.05) is 0 Å². The Morgan fingerprint density at radius 2 is 1.58 bits per heavy atom. The van der Waals surface area contributed by atoms with Gasteiger partial charge in [-0.15, -0.1) is 0 Å². The number of halogens is 2. The van der Waals surface area contributed by atoms with Crippen LogP contribution in [0.5, 0.6) is 0 Å². The summed E-state index contributed by atoms with van der Waals surface area (Å²) in [5.41, 5.74) is 1.70. The number of carbonyl (C=O) groups excluding carboxylic acids is 1. The van der Waals surface area contributed by atoms with Crippen molar-refractivity contribution in [3.8, 4) is 0 Å². The van der Waals surface area contributed by atoms with Crippen LogP contribution in [0.15, 0.2) is 72.8 Å². The van der Waals surface area contributed by atoms with Gasteiger partial charge in [-0.25, -0.2) is 17.2 Å². The lowest BCUT2D eigenvalue weighted by Gasteiger charge is -2.23. The fourth-order valence-electron chi connectivity index (χ4n) is 3.08. The Morgan fingerprint density at radius 3 is 2.16 bits per heavy atom. The van der Waals surface area contributed by atoms with Crippen molar-refractivity contribution in [3.05, 3.63) is 101 Å². The lowest BCUT2D eigenvalue weighted by Crippen LogP contribution is -2.30. The van der Waals surface area contributed by atoms with Crippen molar-refractivity contribution in [3.63, 3.8) is 0 Å². The number of anilines is 1. The predicted molar refractivity (Wildman–Crippen MR) is 116 cm³/mol. The predicted octanol–water partition coefficient (Wildman–Crippen LogP) is 4.42. The average Bonchev–Trinajstić information content (AvgIpc) is 2.72. The number of carbonyl (C=O) groups is 1. The second kappa shape index (κ2) is 9.26. The van der Waals surface area contributed by atoms with Gasteiger partial charge in [-0.1, -0.05) is 36.4 Å². The molecule has 0 aromatic heterocycles. The van der Waals surface area contributed by atoms with Crippen molar-refractivity contribution in [2.45, 2.75) is 19.5 Å². The maximum Gasteiger partial charge on any atom is 0.251 e. The molecule has 0 aliphatic rings. The lowest BCUT2D eigenvalue weighted by molar-refractivity contribution is 0.0940. The van der Waals surface area contributed by atoms with Crippen LogP contribution in [-0.4, -0.2) is 20.6 Å². The summed E-state index contributed by atoms with van der Waals surface area (Å²) in [7, 11) is -3.73. The first kappa shape index (κ1) is 22.4. The Hall–Kier alpha value is -3.26. The molecule has 0 saturated heterocycles. The van der Waals surface area contributed by atoms with Gasteiger partial charge in [-0.2, -0.15) is 0 Å². The van der Waals surface area contributed by atoms with Gasteiger partial charge in [0.1, 0.15) is 11.6 Å². The van der Waals surface area contributed by atoms with Crippen LogP contribution >= 0.6 is 0 Å². The molecule has 0 radical (unpaired) electrons. The van der Waals surface area contributed by atoms with Gasteiger partial charge < -0.3 is 5.32 Å². The summed E-state index contributed by atoms with van der Waals surface area (Å²) in [4.78, 5) is 12.5. The van der Waals surface area contributed by atoms with Gasteiger partial charge in [0, 0.05) is 5.56 Å². The Morgan fingerprint density at radius 1 is 0.968 bits per heavy atom. The van der Waals surface area contributed by atoms with Crippen LogP contribution in [0.3, 0.4) is 0 Å². The van der Waals surface area contributed by atoms with E-state index >= 15 is 0 Å². The number of nitrogens with zero attached hydrogens (tertiary/aromatic N) is 1. The minimum absolute atomic E-state index is 0.0417. The van der Waals surface area contributed by atoms with Crippen LogP contribution in [0.1, 0.15) is 34.5 Å². The molecular weight excluding hydrogens is 422 g/mol. The number of benzene rings is 3. The Labute approximate surface area is 180 Å². The summed E-state index contributed by atoms with van der Waals surface area (Å²) in [6.45, 7) is 1.71. The highest BCUT2D eigenvalue weighted by Gasteiger charge is 2.21. The van der Waals surface area contributed by atoms with E-state index in [0.717, 1.165) is 16.1 Å². The number of rotatable bonds is 7. The molecule has 1 unspecified atom stereocenters. The van der Waals surface area contributed by atoms with Crippen LogP contribution in [0.25, 0.3) is 0 Å².